The predicted molar refractivity (Wildman–Crippen MR) is 62.5 cm³/mol. The van der Waals surface area contributed by atoms with Gasteiger partial charge in [-0.3, -0.25) is 0 Å². The molecule has 0 aliphatic rings. The van der Waals surface area contributed by atoms with Gasteiger partial charge < -0.3 is 5.32 Å². The molecule has 1 N–H and O–H groups in total. The van der Waals surface area contributed by atoms with Crippen LogP contribution in [0.5, 0.6) is 0 Å². The molecule has 1 aromatic rings. The van der Waals surface area contributed by atoms with Gasteiger partial charge in [0.15, 0.2) is 0 Å². The topological polar surface area (TPSA) is 12.0 Å². The maximum atomic E-state index is 13.6. The number of likely N-dealkylation sites (N-methyl/N-ethyl adjacent to an activating group) is 1. The van der Waals surface area contributed by atoms with E-state index in [-0.39, 0.29) is 11.7 Å². The Balaban J connectivity index is 2.83. The summed E-state index contributed by atoms with van der Waals surface area (Å²) in [4.78, 5) is 0. The van der Waals surface area contributed by atoms with E-state index in [9.17, 15) is 4.39 Å². The number of nitrogens with one attached hydrogen (secondary N) is 1. The molecular weight excluding hydrogens is 189 g/mol. The summed E-state index contributed by atoms with van der Waals surface area (Å²) in [6.07, 6.45) is 1.02. The van der Waals surface area contributed by atoms with Crippen molar-refractivity contribution >= 4 is 0 Å². The lowest BCUT2D eigenvalue weighted by molar-refractivity contribution is 0.466. The maximum Gasteiger partial charge on any atom is 0.126 e. The summed E-state index contributed by atoms with van der Waals surface area (Å²) in [6.45, 7) is 5.17. The Morgan fingerprint density at radius 3 is 2.47 bits per heavy atom. The van der Waals surface area contributed by atoms with Gasteiger partial charge in [0.1, 0.15) is 5.82 Å². The van der Waals surface area contributed by atoms with Crippen molar-refractivity contribution in [3.05, 3.63) is 35.6 Å². The highest BCUT2D eigenvalue weighted by atomic mass is 19.1. The molecule has 1 atom stereocenters. The Hall–Kier alpha value is -0.890. The molecule has 0 bridgehead atoms. The molecule has 1 aromatic carbocycles. The molecule has 0 saturated heterocycles. The third-order valence-electron chi connectivity index (χ3n) is 2.55. The van der Waals surface area contributed by atoms with Gasteiger partial charge in [-0.15, -0.1) is 0 Å². The summed E-state index contributed by atoms with van der Waals surface area (Å²) in [7, 11) is 1.91. The number of hydrogen-bond donors (Lipinski definition) is 1. The zero-order chi connectivity index (χ0) is 11.3. The fraction of sp³-hybridized carbons (Fsp3) is 0.538. The molecule has 0 amide bonds. The van der Waals surface area contributed by atoms with Crippen molar-refractivity contribution in [3.63, 3.8) is 0 Å². The van der Waals surface area contributed by atoms with Crippen molar-refractivity contribution in [1.29, 1.82) is 0 Å². The largest absolute Gasteiger partial charge is 0.319 e. The Labute approximate surface area is 91.7 Å². The summed E-state index contributed by atoms with van der Waals surface area (Å²) >= 11 is 0. The molecule has 0 aliphatic heterocycles. The van der Waals surface area contributed by atoms with Gasteiger partial charge in [-0.05, 0) is 36.9 Å². The molecule has 0 aromatic heterocycles. The summed E-state index contributed by atoms with van der Waals surface area (Å²) in [6, 6.07) is 7.07. The number of benzene rings is 1. The minimum atomic E-state index is -0.0848. The average Bonchev–Trinajstić information content (AvgIpc) is 2.17. The summed E-state index contributed by atoms with van der Waals surface area (Å²) < 4.78 is 13.6. The van der Waals surface area contributed by atoms with Gasteiger partial charge in [-0.2, -0.15) is 0 Å². The zero-order valence-electron chi connectivity index (χ0n) is 9.76. The van der Waals surface area contributed by atoms with Crippen LogP contribution in [-0.2, 0) is 0 Å². The Bertz CT molecular complexity index is 296. The van der Waals surface area contributed by atoms with Gasteiger partial charge in [0.05, 0.1) is 0 Å². The van der Waals surface area contributed by atoms with Crippen LogP contribution in [0.3, 0.4) is 0 Å². The normalized spacial score (nSPS) is 13.1. The van der Waals surface area contributed by atoms with E-state index in [0.29, 0.717) is 5.92 Å². The van der Waals surface area contributed by atoms with E-state index in [0.717, 1.165) is 18.5 Å². The predicted octanol–water partition coefficient (Wildman–Crippen LogP) is 3.17. The number of rotatable bonds is 5. The van der Waals surface area contributed by atoms with Crippen LogP contribution in [0.2, 0.25) is 0 Å². The quantitative estimate of drug-likeness (QED) is 0.785. The lowest BCUT2D eigenvalue weighted by Crippen LogP contribution is -2.19. The van der Waals surface area contributed by atoms with Crippen LogP contribution < -0.4 is 5.32 Å². The lowest BCUT2D eigenvalue weighted by Gasteiger charge is -2.19. The van der Waals surface area contributed by atoms with Crippen LogP contribution >= 0.6 is 0 Å². The van der Waals surface area contributed by atoms with Gasteiger partial charge in [-0.25, -0.2) is 4.39 Å². The van der Waals surface area contributed by atoms with E-state index < -0.39 is 0 Å². The van der Waals surface area contributed by atoms with Crippen molar-refractivity contribution in [1.82, 2.24) is 5.32 Å². The van der Waals surface area contributed by atoms with Crippen LogP contribution in [0.1, 0.15) is 31.7 Å². The fourth-order valence-corrected chi connectivity index (χ4v) is 1.94. The van der Waals surface area contributed by atoms with Gasteiger partial charge in [0.25, 0.3) is 0 Å². The van der Waals surface area contributed by atoms with Crippen molar-refractivity contribution < 1.29 is 4.39 Å². The molecule has 2 heteroatoms. The monoisotopic (exact) mass is 209 g/mol. The zero-order valence-corrected chi connectivity index (χ0v) is 9.76. The summed E-state index contributed by atoms with van der Waals surface area (Å²) in [5.41, 5.74) is 0.834. The van der Waals surface area contributed by atoms with Gasteiger partial charge in [0, 0.05) is 6.54 Å². The SMILES string of the molecule is CNCC(CC(C)C)c1ccccc1F. The molecular formula is C13H20FN. The Kier molecular flexibility index (Phi) is 4.76. The Morgan fingerprint density at radius 1 is 1.27 bits per heavy atom. The van der Waals surface area contributed by atoms with Gasteiger partial charge >= 0.3 is 0 Å². The van der Waals surface area contributed by atoms with Crippen molar-refractivity contribution in [3.8, 4) is 0 Å². The molecule has 0 spiro atoms. The second-order valence-corrected chi connectivity index (χ2v) is 4.41. The summed E-state index contributed by atoms with van der Waals surface area (Å²) in [5, 5.41) is 3.13. The van der Waals surface area contributed by atoms with Crippen LogP contribution in [0, 0.1) is 11.7 Å². The van der Waals surface area contributed by atoms with E-state index in [4.69, 9.17) is 0 Å². The minimum absolute atomic E-state index is 0.0848. The molecule has 1 nitrogen and oxygen atoms in total. The summed E-state index contributed by atoms with van der Waals surface area (Å²) in [5.74, 6) is 0.776. The van der Waals surface area contributed by atoms with Crippen molar-refractivity contribution in [2.45, 2.75) is 26.2 Å². The highest BCUT2D eigenvalue weighted by Crippen LogP contribution is 2.25. The number of halogens is 1. The van der Waals surface area contributed by atoms with Crippen LogP contribution in [0.25, 0.3) is 0 Å². The molecule has 84 valence electrons. The van der Waals surface area contributed by atoms with Crippen molar-refractivity contribution in [2.75, 3.05) is 13.6 Å². The second-order valence-electron chi connectivity index (χ2n) is 4.41. The molecule has 0 saturated carbocycles. The molecule has 1 rings (SSSR count). The molecule has 15 heavy (non-hydrogen) atoms. The lowest BCUT2D eigenvalue weighted by atomic mass is 9.90. The smallest absolute Gasteiger partial charge is 0.126 e. The third-order valence-corrected chi connectivity index (χ3v) is 2.55. The van der Waals surface area contributed by atoms with E-state index in [2.05, 4.69) is 19.2 Å². The standard InChI is InChI=1S/C13H20FN/c1-10(2)8-11(9-15-3)12-6-4-5-7-13(12)14/h4-7,10-11,15H,8-9H2,1-3H3. The second kappa shape index (κ2) is 5.86. The van der Waals surface area contributed by atoms with E-state index >= 15 is 0 Å². The van der Waals surface area contributed by atoms with Crippen LogP contribution in [0.4, 0.5) is 4.39 Å². The first-order valence-electron chi connectivity index (χ1n) is 5.54. The minimum Gasteiger partial charge on any atom is -0.319 e. The first kappa shape index (κ1) is 12.2. The first-order chi connectivity index (χ1) is 7.15. The number of hydrogen-bond acceptors (Lipinski definition) is 1. The van der Waals surface area contributed by atoms with E-state index in [1.165, 1.54) is 0 Å². The Morgan fingerprint density at radius 2 is 1.93 bits per heavy atom. The highest BCUT2D eigenvalue weighted by Gasteiger charge is 2.15. The molecule has 0 radical (unpaired) electrons. The molecule has 0 aliphatic carbocycles. The first-order valence-corrected chi connectivity index (χ1v) is 5.54. The van der Waals surface area contributed by atoms with E-state index in [1.54, 1.807) is 12.1 Å². The molecule has 0 heterocycles. The molecule has 1 unspecified atom stereocenters. The van der Waals surface area contributed by atoms with Crippen molar-refractivity contribution in [2.24, 2.45) is 5.92 Å². The van der Waals surface area contributed by atoms with Crippen LogP contribution in [0.15, 0.2) is 24.3 Å². The average molecular weight is 209 g/mol. The molecule has 0 fully saturated rings. The highest BCUT2D eigenvalue weighted by molar-refractivity contribution is 5.22. The fourth-order valence-electron chi connectivity index (χ4n) is 1.94. The maximum absolute atomic E-state index is 13.6. The van der Waals surface area contributed by atoms with E-state index in [1.807, 2.05) is 19.2 Å². The third kappa shape index (κ3) is 3.63. The van der Waals surface area contributed by atoms with Gasteiger partial charge in [-0.1, -0.05) is 32.0 Å². The van der Waals surface area contributed by atoms with Gasteiger partial charge in [0.2, 0.25) is 0 Å². The van der Waals surface area contributed by atoms with Crippen LogP contribution in [-0.4, -0.2) is 13.6 Å².